The number of aromatic nitrogens is 4. The standard InChI is InChI=1S/C38H45F2N9O3/c1-37-20-31-28(19-32(37)38(37,39)40)35(45-44-31)30-17-25-3-4-26(18-29(25)43-30)36(52)48-15-13-46(14-16-48)22-24-7-10-47(11-8-24)33-6-5-27(21-42-33)49(23-50)12-9-34(51)41-2/h3-6,17-18,21,23-24,32,43H,7-16,19-20,22H2,1-2H3,(H,41,51)(H,44,45). The van der Waals surface area contributed by atoms with E-state index in [-0.39, 0.29) is 18.2 Å². The molecule has 2 atom stereocenters. The highest BCUT2D eigenvalue weighted by molar-refractivity contribution is 5.99. The number of aromatic amines is 2. The Balaban J connectivity index is 0.816. The highest BCUT2D eigenvalue weighted by atomic mass is 19.3. The van der Waals surface area contributed by atoms with Crippen molar-refractivity contribution < 1.29 is 23.2 Å². The van der Waals surface area contributed by atoms with Gasteiger partial charge >= 0.3 is 0 Å². The largest absolute Gasteiger partial charge is 0.359 e. The fraction of sp³-hybridized carbons (Fsp3) is 0.500. The second-order valence-corrected chi connectivity index (χ2v) is 15.1. The molecule has 12 nitrogen and oxygen atoms in total. The first-order chi connectivity index (χ1) is 25.1. The molecule has 274 valence electrons. The number of H-pyrrole nitrogens is 2. The van der Waals surface area contributed by atoms with E-state index < -0.39 is 17.3 Å². The van der Waals surface area contributed by atoms with Crippen LogP contribution in [0.3, 0.4) is 0 Å². The molecular weight excluding hydrogens is 668 g/mol. The van der Waals surface area contributed by atoms with Crippen LogP contribution >= 0.6 is 0 Å². The summed E-state index contributed by atoms with van der Waals surface area (Å²) in [7, 11) is 1.58. The zero-order chi connectivity index (χ0) is 36.2. The van der Waals surface area contributed by atoms with Gasteiger partial charge < -0.3 is 25.0 Å². The third kappa shape index (κ3) is 6.10. The number of carbonyl (C=O) groups excluding carboxylic acids is 3. The quantitative estimate of drug-likeness (QED) is 0.211. The summed E-state index contributed by atoms with van der Waals surface area (Å²) in [5, 5.41) is 11.0. The Morgan fingerprint density at radius 3 is 2.58 bits per heavy atom. The first kappa shape index (κ1) is 34.2. The Labute approximate surface area is 300 Å². The van der Waals surface area contributed by atoms with Gasteiger partial charge in [0.25, 0.3) is 11.8 Å². The molecule has 2 unspecified atom stereocenters. The number of hydrogen-bond acceptors (Lipinski definition) is 7. The smallest absolute Gasteiger partial charge is 0.258 e. The number of fused-ring (bicyclic) bond motifs is 3. The Bertz CT molecular complexity index is 1980. The van der Waals surface area contributed by atoms with Gasteiger partial charge in [-0.15, -0.1) is 0 Å². The molecule has 2 aliphatic carbocycles. The number of hydrogen-bond donors (Lipinski definition) is 3. The number of rotatable bonds is 10. The van der Waals surface area contributed by atoms with Crippen molar-refractivity contribution >= 4 is 40.6 Å². The number of amides is 3. The summed E-state index contributed by atoms with van der Waals surface area (Å²) in [6.45, 7) is 7.80. The molecule has 0 radical (unpaired) electrons. The third-order valence-corrected chi connectivity index (χ3v) is 12.1. The molecule has 2 aliphatic heterocycles. The van der Waals surface area contributed by atoms with Crippen molar-refractivity contribution in [3.8, 4) is 11.4 Å². The van der Waals surface area contributed by atoms with Crippen molar-refractivity contribution in [2.75, 3.05) is 69.2 Å². The van der Waals surface area contributed by atoms with E-state index in [9.17, 15) is 23.2 Å². The maximum absolute atomic E-state index is 14.5. The van der Waals surface area contributed by atoms with Gasteiger partial charge in [-0.1, -0.05) is 13.0 Å². The molecule has 4 aromatic rings. The Morgan fingerprint density at radius 2 is 1.87 bits per heavy atom. The van der Waals surface area contributed by atoms with Crippen LogP contribution in [0.25, 0.3) is 22.3 Å². The van der Waals surface area contributed by atoms with Gasteiger partial charge in [0.15, 0.2) is 0 Å². The van der Waals surface area contributed by atoms with Crippen LogP contribution in [0, 0.1) is 17.3 Å². The van der Waals surface area contributed by atoms with E-state index in [1.807, 2.05) is 41.3 Å². The maximum Gasteiger partial charge on any atom is 0.258 e. The molecule has 0 spiro atoms. The zero-order valence-corrected chi connectivity index (χ0v) is 29.6. The number of halogens is 2. The van der Waals surface area contributed by atoms with E-state index in [4.69, 9.17) is 0 Å². The lowest BCUT2D eigenvalue weighted by Gasteiger charge is -2.39. The fourth-order valence-electron chi connectivity index (χ4n) is 8.57. The van der Waals surface area contributed by atoms with Crippen LogP contribution in [0.4, 0.5) is 20.3 Å². The maximum atomic E-state index is 14.5. The summed E-state index contributed by atoms with van der Waals surface area (Å²) in [6.07, 6.45) is 5.38. The van der Waals surface area contributed by atoms with Crippen LogP contribution in [0.15, 0.2) is 42.6 Å². The molecule has 3 N–H and O–H groups in total. The van der Waals surface area contributed by atoms with Gasteiger partial charge in [-0.05, 0) is 55.5 Å². The van der Waals surface area contributed by atoms with E-state index in [0.717, 1.165) is 85.6 Å². The average Bonchev–Trinajstić information content (AvgIpc) is 3.55. The minimum absolute atomic E-state index is 0.0136. The highest BCUT2D eigenvalue weighted by Crippen LogP contribution is 2.70. The molecule has 5 heterocycles. The molecule has 0 bridgehead atoms. The Hall–Kier alpha value is -4.85. The van der Waals surface area contributed by atoms with Crippen molar-refractivity contribution in [2.24, 2.45) is 17.3 Å². The minimum atomic E-state index is -2.64. The van der Waals surface area contributed by atoms with Crippen LogP contribution in [0.2, 0.25) is 0 Å². The molecule has 1 aromatic carbocycles. The third-order valence-electron chi connectivity index (χ3n) is 12.1. The number of benzene rings is 1. The average molecular weight is 714 g/mol. The SMILES string of the molecule is CNC(=O)CCN(C=O)c1ccc(N2CCC(CN3CCN(C(=O)c4ccc5cc(-c6n[nH]c7c6CC6C(F)(F)C6(C)C7)[nH]c5c4)CC3)CC2)nc1. The molecule has 14 heteroatoms. The first-order valence-corrected chi connectivity index (χ1v) is 18.3. The molecule has 52 heavy (non-hydrogen) atoms. The minimum Gasteiger partial charge on any atom is -0.359 e. The van der Waals surface area contributed by atoms with E-state index >= 15 is 0 Å². The van der Waals surface area contributed by atoms with E-state index in [2.05, 4.69) is 35.3 Å². The number of nitrogens with one attached hydrogen (secondary N) is 3. The summed E-state index contributed by atoms with van der Waals surface area (Å²) in [6, 6.07) is 11.5. The number of piperidine rings is 1. The van der Waals surface area contributed by atoms with Crippen LogP contribution in [0.1, 0.15) is 47.8 Å². The molecule has 8 rings (SSSR count). The Kier molecular flexibility index (Phi) is 8.75. The highest BCUT2D eigenvalue weighted by Gasteiger charge is 2.78. The number of carbonyl (C=O) groups is 3. The molecule has 1 saturated carbocycles. The lowest BCUT2D eigenvalue weighted by molar-refractivity contribution is -0.120. The van der Waals surface area contributed by atoms with Crippen LogP contribution in [0.5, 0.6) is 0 Å². The number of nitrogens with zero attached hydrogens (tertiary/aromatic N) is 6. The van der Waals surface area contributed by atoms with Crippen LogP contribution in [-0.4, -0.2) is 114 Å². The summed E-state index contributed by atoms with van der Waals surface area (Å²) in [5.41, 5.74) is 4.28. The second-order valence-electron chi connectivity index (χ2n) is 15.1. The second kappa shape index (κ2) is 13.3. The van der Waals surface area contributed by atoms with Gasteiger partial charge in [-0.25, -0.2) is 13.8 Å². The lowest BCUT2D eigenvalue weighted by atomic mass is 9.87. The summed E-state index contributed by atoms with van der Waals surface area (Å²) in [5.74, 6) is -1.93. The summed E-state index contributed by atoms with van der Waals surface area (Å²) < 4.78 is 28.9. The van der Waals surface area contributed by atoms with Crippen LogP contribution < -0.4 is 15.1 Å². The molecule has 3 fully saturated rings. The summed E-state index contributed by atoms with van der Waals surface area (Å²) >= 11 is 0. The molecule has 3 aromatic heterocycles. The van der Waals surface area contributed by atoms with E-state index in [0.29, 0.717) is 55.3 Å². The summed E-state index contributed by atoms with van der Waals surface area (Å²) in [4.78, 5) is 52.9. The number of alkyl halides is 2. The van der Waals surface area contributed by atoms with Gasteiger partial charge in [0.2, 0.25) is 12.3 Å². The van der Waals surface area contributed by atoms with Crippen molar-refractivity contribution in [1.29, 1.82) is 0 Å². The van der Waals surface area contributed by atoms with E-state index in [1.165, 1.54) is 4.90 Å². The monoisotopic (exact) mass is 713 g/mol. The lowest BCUT2D eigenvalue weighted by Crippen LogP contribution is -2.50. The van der Waals surface area contributed by atoms with Crippen molar-refractivity contribution in [3.63, 3.8) is 0 Å². The van der Waals surface area contributed by atoms with Crippen molar-refractivity contribution in [2.45, 2.75) is 45.0 Å². The van der Waals surface area contributed by atoms with Gasteiger partial charge in [0.05, 0.1) is 17.6 Å². The van der Waals surface area contributed by atoms with Crippen LogP contribution in [-0.2, 0) is 22.4 Å². The van der Waals surface area contributed by atoms with Gasteiger partial charge in [0, 0.05) is 111 Å². The number of piperazine rings is 1. The zero-order valence-electron chi connectivity index (χ0n) is 29.6. The van der Waals surface area contributed by atoms with Crippen molar-refractivity contribution in [3.05, 3.63) is 59.4 Å². The van der Waals surface area contributed by atoms with Gasteiger partial charge in [0.1, 0.15) is 11.5 Å². The van der Waals surface area contributed by atoms with E-state index in [1.54, 1.807) is 20.2 Å². The normalized spacial score (nSPS) is 22.9. The predicted octanol–water partition coefficient (Wildman–Crippen LogP) is 4.10. The Morgan fingerprint density at radius 1 is 1.08 bits per heavy atom. The molecule has 4 aliphatic rings. The van der Waals surface area contributed by atoms with Crippen molar-refractivity contribution in [1.82, 2.24) is 35.3 Å². The predicted molar refractivity (Wildman–Crippen MR) is 193 cm³/mol. The first-order valence-electron chi connectivity index (χ1n) is 18.3. The number of pyridine rings is 1. The van der Waals surface area contributed by atoms with Gasteiger partial charge in [-0.3, -0.25) is 24.4 Å². The molecule has 3 amide bonds. The molecular formula is C38H45F2N9O3. The topological polar surface area (TPSA) is 134 Å². The molecule has 2 saturated heterocycles. The number of anilines is 2. The van der Waals surface area contributed by atoms with Gasteiger partial charge in [-0.2, -0.15) is 5.10 Å². The fourth-order valence-corrected chi connectivity index (χ4v) is 8.57.